The lowest BCUT2D eigenvalue weighted by Gasteiger charge is -2.26. The molecule has 1 saturated carbocycles. The predicted octanol–water partition coefficient (Wildman–Crippen LogP) is 3.87. The fourth-order valence-electron chi connectivity index (χ4n) is 2.85. The molecule has 0 aromatic heterocycles. The molecule has 0 aliphatic heterocycles. The Morgan fingerprint density at radius 2 is 2.23 bits per heavy atom. The average Bonchev–Trinajstić information content (AvgIpc) is 2.64. The number of rotatable bonds is 4. The molecule has 74 valence electrons. The van der Waals surface area contributed by atoms with E-state index in [1.807, 2.05) is 0 Å². The first-order valence-electron chi connectivity index (χ1n) is 5.62. The van der Waals surface area contributed by atoms with Crippen molar-refractivity contribution in [3.63, 3.8) is 0 Å². The predicted molar refractivity (Wildman–Crippen MR) is 53.3 cm³/mol. The van der Waals surface area contributed by atoms with Crippen LogP contribution in [0.25, 0.3) is 0 Å². The van der Waals surface area contributed by atoms with E-state index in [1.165, 1.54) is 12.8 Å². The summed E-state index contributed by atoms with van der Waals surface area (Å²) >= 11 is 0. The first kappa shape index (κ1) is 9.23. The number of allylic oxidation sites excluding steroid dienone is 2. The summed E-state index contributed by atoms with van der Waals surface area (Å²) in [5, 5.41) is 0. The molecule has 0 amide bonds. The number of hydrogen-bond donors (Lipinski definition) is 0. The minimum absolute atomic E-state index is 0.259. The molecule has 0 aromatic carbocycles. The van der Waals surface area contributed by atoms with Crippen LogP contribution in [0.3, 0.4) is 0 Å². The van der Waals surface area contributed by atoms with Gasteiger partial charge in [-0.25, -0.2) is 4.39 Å². The molecule has 0 nitrogen and oxygen atoms in total. The number of hydrogen-bond acceptors (Lipinski definition) is 0. The summed E-state index contributed by atoms with van der Waals surface area (Å²) in [6.45, 7) is 2.17. The van der Waals surface area contributed by atoms with Crippen LogP contribution < -0.4 is 0 Å². The van der Waals surface area contributed by atoms with E-state index in [0.717, 1.165) is 25.7 Å². The van der Waals surface area contributed by atoms with Crippen LogP contribution >= 0.6 is 0 Å². The Bertz CT molecular complexity index is 209. The van der Waals surface area contributed by atoms with Crippen molar-refractivity contribution in [3.8, 4) is 0 Å². The Kier molecular flexibility index (Phi) is 2.44. The third kappa shape index (κ3) is 1.66. The molecule has 1 fully saturated rings. The van der Waals surface area contributed by atoms with Crippen molar-refractivity contribution in [1.29, 1.82) is 0 Å². The van der Waals surface area contributed by atoms with Gasteiger partial charge in [0.2, 0.25) is 0 Å². The van der Waals surface area contributed by atoms with E-state index < -0.39 is 5.67 Å². The van der Waals surface area contributed by atoms with Gasteiger partial charge in [-0.3, -0.25) is 0 Å². The van der Waals surface area contributed by atoms with Gasteiger partial charge in [0.15, 0.2) is 0 Å². The third-order valence-corrected chi connectivity index (χ3v) is 3.63. The summed E-state index contributed by atoms with van der Waals surface area (Å²) in [7, 11) is 0. The van der Waals surface area contributed by atoms with Crippen LogP contribution in [0.4, 0.5) is 4.39 Å². The molecule has 1 heteroatoms. The van der Waals surface area contributed by atoms with Crippen LogP contribution in [0.2, 0.25) is 0 Å². The van der Waals surface area contributed by atoms with Gasteiger partial charge in [-0.1, -0.05) is 38.3 Å². The van der Waals surface area contributed by atoms with E-state index in [0.29, 0.717) is 5.92 Å². The van der Waals surface area contributed by atoms with Crippen molar-refractivity contribution in [1.82, 2.24) is 0 Å². The van der Waals surface area contributed by atoms with Crippen LogP contribution in [0.5, 0.6) is 0 Å². The highest BCUT2D eigenvalue weighted by atomic mass is 19.1. The van der Waals surface area contributed by atoms with Crippen LogP contribution in [0.1, 0.15) is 45.4 Å². The Labute approximate surface area is 80.2 Å². The van der Waals surface area contributed by atoms with Gasteiger partial charge in [-0.15, -0.1) is 0 Å². The number of unbranched alkanes of at least 4 members (excludes halogenated alkanes) is 2. The maximum atomic E-state index is 14.3. The van der Waals surface area contributed by atoms with E-state index in [4.69, 9.17) is 0 Å². The molecule has 0 heterocycles. The van der Waals surface area contributed by atoms with Gasteiger partial charge in [0, 0.05) is 5.92 Å². The van der Waals surface area contributed by atoms with E-state index in [9.17, 15) is 4.39 Å². The Hall–Kier alpha value is -0.330. The summed E-state index contributed by atoms with van der Waals surface area (Å²) < 4.78 is 14.3. The summed E-state index contributed by atoms with van der Waals surface area (Å²) in [6, 6.07) is 0. The molecular weight excluding hydrogens is 163 g/mol. The van der Waals surface area contributed by atoms with Gasteiger partial charge < -0.3 is 0 Å². The summed E-state index contributed by atoms with van der Waals surface area (Å²) in [6.07, 6.45) is 10.5. The highest BCUT2D eigenvalue weighted by Gasteiger charge is 2.48. The molecule has 13 heavy (non-hydrogen) atoms. The van der Waals surface area contributed by atoms with E-state index in [2.05, 4.69) is 19.1 Å². The van der Waals surface area contributed by atoms with Crippen molar-refractivity contribution >= 4 is 0 Å². The van der Waals surface area contributed by atoms with Crippen LogP contribution in [0, 0.1) is 11.8 Å². The highest BCUT2D eigenvalue weighted by molar-refractivity contribution is 5.16. The summed E-state index contributed by atoms with van der Waals surface area (Å²) in [4.78, 5) is 0. The second-order valence-electron chi connectivity index (χ2n) is 4.68. The van der Waals surface area contributed by atoms with Gasteiger partial charge in [-0.05, 0) is 25.2 Å². The fraction of sp³-hybridized carbons (Fsp3) is 0.833. The highest BCUT2D eigenvalue weighted by Crippen LogP contribution is 2.50. The fourth-order valence-corrected chi connectivity index (χ4v) is 2.85. The third-order valence-electron chi connectivity index (χ3n) is 3.63. The maximum Gasteiger partial charge on any atom is 0.117 e. The summed E-state index contributed by atoms with van der Waals surface area (Å²) in [5.74, 6) is 0.825. The van der Waals surface area contributed by atoms with Crippen molar-refractivity contribution in [2.75, 3.05) is 0 Å². The van der Waals surface area contributed by atoms with Crippen LogP contribution in [0.15, 0.2) is 12.2 Å². The molecule has 3 atom stereocenters. The Morgan fingerprint density at radius 1 is 1.38 bits per heavy atom. The Morgan fingerprint density at radius 3 is 2.77 bits per heavy atom. The summed E-state index contributed by atoms with van der Waals surface area (Å²) in [5.41, 5.74) is -0.825. The van der Waals surface area contributed by atoms with E-state index in [-0.39, 0.29) is 5.92 Å². The Balaban J connectivity index is 1.87. The molecule has 3 unspecified atom stereocenters. The lowest BCUT2D eigenvalue weighted by molar-refractivity contribution is 0.112. The normalized spacial score (nSPS) is 41.7. The topological polar surface area (TPSA) is 0 Å². The zero-order chi connectivity index (χ0) is 9.31. The lowest BCUT2D eigenvalue weighted by atomic mass is 9.85. The molecule has 2 aliphatic rings. The standard InChI is InChI=1S/C12H19F/c1-2-3-4-7-12(13)9-10-5-6-11(12)8-10/h5-6,10-11H,2-4,7-9H2,1H3. The molecule has 2 bridgehead atoms. The number of fused-ring (bicyclic) bond motifs is 2. The van der Waals surface area contributed by atoms with E-state index in [1.54, 1.807) is 0 Å². The molecule has 0 aromatic rings. The first-order valence-corrected chi connectivity index (χ1v) is 5.62. The smallest absolute Gasteiger partial charge is 0.117 e. The zero-order valence-corrected chi connectivity index (χ0v) is 8.43. The van der Waals surface area contributed by atoms with E-state index >= 15 is 0 Å². The molecule has 2 rings (SSSR count). The molecule has 0 radical (unpaired) electrons. The van der Waals surface area contributed by atoms with Gasteiger partial charge >= 0.3 is 0 Å². The monoisotopic (exact) mass is 182 g/mol. The maximum absolute atomic E-state index is 14.3. The zero-order valence-electron chi connectivity index (χ0n) is 8.43. The van der Waals surface area contributed by atoms with Crippen molar-refractivity contribution in [3.05, 3.63) is 12.2 Å². The second-order valence-corrected chi connectivity index (χ2v) is 4.68. The van der Waals surface area contributed by atoms with Crippen LogP contribution in [-0.4, -0.2) is 5.67 Å². The minimum Gasteiger partial charge on any atom is -0.243 e. The second kappa shape index (κ2) is 3.43. The molecule has 0 saturated heterocycles. The van der Waals surface area contributed by atoms with Gasteiger partial charge in [0.1, 0.15) is 5.67 Å². The van der Waals surface area contributed by atoms with Crippen molar-refractivity contribution in [2.24, 2.45) is 11.8 Å². The average molecular weight is 182 g/mol. The van der Waals surface area contributed by atoms with Gasteiger partial charge in [0.05, 0.1) is 0 Å². The van der Waals surface area contributed by atoms with Gasteiger partial charge in [-0.2, -0.15) is 0 Å². The number of alkyl halides is 1. The molecular formula is C12H19F. The van der Waals surface area contributed by atoms with Crippen molar-refractivity contribution in [2.45, 2.75) is 51.1 Å². The minimum atomic E-state index is -0.825. The molecule has 0 N–H and O–H groups in total. The van der Waals surface area contributed by atoms with Gasteiger partial charge in [0.25, 0.3) is 0 Å². The van der Waals surface area contributed by atoms with Crippen molar-refractivity contribution < 1.29 is 4.39 Å². The lowest BCUT2D eigenvalue weighted by Crippen LogP contribution is -2.27. The molecule has 0 spiro atoms. The SMILES string of the molecule is CCCCCC1(F)CC2C=CC1C2. The first-order chi connectivity index (χ1) is 6.24. The molecule has 2 aliphatic carbocycles. The van der Waals surface area contributed by atoms with Crippen LogP contribution in [-0.2, 0) is 0 Å². The largest absolute Gasteiger partial charge is 0.243 e. The quantitative estimate of drug-likeness (QED) is 0.457. The number of halogens is 1.